The Hall–Kier alpha value is -2.21. The largest absolute Gasteiger partial charge is 0.352 e. The summed E-state index contributed by atoms with van der Waals surface area (Å²) in [4.78, 5) is 14.5. The second-order valence-electron chi connectivity index (χ2n) is 6.64. The molecule has 2 heterocycles. The summed E-state index contributed by atoms with van der Waals surface area (Å²) in [6.07, 6.45) is 5.99. The van der Waals surface area contributed by atoms with Crippen LogP contribution in [-0.2, 0) is 11.3 Å². The average molecular weight is 328 g/mol. The van der Waals surface area contributed by atoms with Crippen molar-refractivity contribution < 1.29 is 9.18 Å². The fourth-order valence-corrected chi connectivity index (χ4v) is 3.25. The molecule has 1 unspecified atom stereocenters. The summed E-state index contributed by atoms with van der Waals surface area (Å²) >= 11 is 0. The second kappa shape index (κ2) is 6.36. The third-order valence-electron chi connectivity index (χ3n) is 4.67. The van der Waals surface area contributed by atoms with E-state index in [1.165, 1.54) is 12.1 Å². The van der Waals surface area contributed by atoms with Crippen molar-refractivity contribution >= 4 is 5.91 Å². The molecule has 1 N–H and O–H groups in total. The lowest BCUT2D eigenvalue weighted by Crippen LogP contribution is -2.43. The second-order valence-corrected chi connectivity index (χ2v) is 6.64. The topological polar surface area (TPSA) is 50.2 Å². The lowest BCUT2D eigenvalue weighted by atomic mass is 10.2. The average Bonchev–Trinajstić information content (AvgIpc) is 3.08. The monoisotopic (exact) mass is 328 g/mol. The first-order valence-electron chi connectivity index (χ1n) is 8.54. The number of carbonyl (C=O) groups excluding carboxylic acids is 1. The molecular formula is C18H21FN4O. The van der Waals surface area contributed by atoms with Gasteiger partial charge in [0.25, 0.3) is 0 Å². The van der Waals surface area contributed by atoms with Crippen LogP contribution in [0, 0.1) is 5.82 Å². The molecule has 0 spiro atoms. The van der Waals surface area contributed by atoms with E-state index in [-0.39, 0.29) is 17.8 Å². The maximum atomic E-state index is 13.3. The normalized spacial score (nSPS) is 21.1. The Labute approximate surface area is 140 Å². The SMILES string of the molecule is O=C(NC1CC1)C1CCCN1Cc1ccn(-c2cccc(F)c2)n1. The number of nitrogens with zero attached hydrogens (tertiary/aromatic N) is 3. The van der Waals surface area contributed by atoms with E-state index in [1.54, 1.807) is 10.7 Å². The third-order valence-corrected chi connectivity index (χ3v) is 4.67. The molecule has 1 saturated carbocycles. The number of likely N-dealkylation sites (tertiary alicyclic amines) is 1. The van der Waals surface area contributed by atoms with Crippen LogP contribution in [0.25, 0.3) is 5.69 Å². The fraction of sp³-hybridized carbons (Fsp3) is 0.444. The third kappa shape index (κ3) is 3.33. The smallest absolute Gasteiger partial charge is 0.237 e. The predicted molar refractivity (Wildman–Crippen MR) is 88.1 cm³/mol. The van der Waals surface area contributed by atoms with E-state index in [2.05, 4.69) is 15.3 Å². The number of nitrogens with one attached hydrogen (secondary N) is 1. The van der Waals surface area contributed by atoms with Gasteiger partial charge in [0.1, 0.15) is 5.82 Å². The fourth-order valence-electron chi connectivity index (χ4n) is 3.25. The summed E-state index contributed by atoms with van der Waals surface area (Å²) in [5, 5.41) is 7.63. The van der Waals surface area contributed by atoms with Crippen LogP contribution >= 0.6 is 0 Å². The lowest BCUT2D eigenvalue weighted by Gasteiger charge is -2.22. The molecule has 2 fully saturated rings. The number of rotatable bonds is 5. The maximum absolute atomic E-state index is 13.3. The van der Waals surface area contributed by atoms with Crippen LogP contribution in [0.4, 0.5) is 4.39 Å². The molecule has 6 heteroatoms. The zero-order chi connectivity index (χ0) is 16.5. The Morgan fingerprint density at radius 3 is 2.96 bits per heavy atom. The van der Waals surface area contributed by atoms with Crippen LogP contribution in [0.5, 0.6) is 0 Å². The first kappa shape index (κ1) is 15.3. The highest BCUT2D eigenvalue weighted by Crippen LogP contribution is 2.23. The van der Waals surface area contributed by atoms with E-state index in [0.717, 1.165) is 37.9 Å². The summed E-state index contributed by atoms with van der Waals surface area (Å²) in [6, 6.07) is 8.64. The van der Waals surface area contributed by atoms with Crippen molar-refractivity contribution in [2.75, 3.05) is 6.54 Å². The van der Waals surface area contributed by atoms with Crippen LogP contribution in [0.1, 0.15) is 31.4 Å². The van der Waals surface area contributed by atoms with Gasteiger partial charge in [-0.3, -0.25) is 9.69 Å². The van der Waals surface area contributed by atoms with Crippen molar-refractivity contribution in [3.8, 4) is 5.69 Å². The number of benzene rings is 1. The molecule has 1 aliphatic heterocycles. The maximum Gasteiger partial charge on any atom is 0.237 e. The van der Waals surface area contributed by atoms with Crippen molar-refractivity contribution in [1.82, 2.24) is 20.0 Å². The van der Waals surface area contributed by atoms with Crippen LogP contribution < -0.4 is 5.32 Å². The van der Waals surface area contributed by atoms with E-state index in [0.29, 0.717) is 18.3 Å². The highest BCUT2D eigenvalue weighted by Gasteiger charge is 2.34. The lowest BCUT2D eigenvalue weighted by molar-refractivity contribution is -0.125. The number of aromatic nitrogens is 2. The Balaban J connectivity index is 1.44. The van der Waals surface area contributed by atoms with Gasteiger partial charge < -0.3 is 5.32 Å². The van der Waals surface area contributed by atoms with Crippen LogP contribution in [-0.4, -0.2) is 39.2 Å². The highest BCUT2D eigenvalue weighted by atomic mass is 19.1. The molecule has 126 valence electrons. The molecule has 1 amide bonds. The summed E-state index contributed by atoms with van der Waals surface area (Å²) in [5.74, 6) is -0.125. The molecule has 0 radical (unpaired) electrons. The van der Waals surface area contributed by atoms with E-state index >= 15 is 0 Å². The minimum Gasteiger partial charge on any atom is -0.352 e. The van der Waals surface area contributed by atoms with E-state index in [9.17, 15) is 9.18 Å². The molecule has 1 atom stereocenters. The van der Waals surface area contributed by atoms with Gasteiger partial charge >= 0.3 is 0 Å². The Bertz CT molecular complexity index is 740. The molecule has 2 aromatic rings. The van der Waals surface area contributed by atoms with Gasteiger partial charge in [-0.05, 0) is 56.5 Å². The van der Waals surface area contributed by atoms with Gasteiger partial charge in [-0.25, -0.2) is 9.07 Å². The zero-order valence-electron chi connectivity index (χ0n) is 13.5. The van der Waals surface area contributed by atoms with Gasteiger partial charge in [-0.15, -0.1) is 0 Å². The molecule has 5 nitrogen and oxygen atoms in total. The van der Waals surface area contributed by atoms with Gasteiger partial charge in [0.05, 0.1) is 17.4 Å². The van der Waals surface area contributed by atoms with Gasteiger partial charge in [0, 0.05) is 18.8 Å². The minimum absolute atomic E-state index is 0.0510. The van der Waals surface area contributed by atoms with Crippen LogP contribution in [0.15, 0.2) is 36.5 Å². The zero-order valence-corrected chi connectivity index (χ0v) is 13.5. The first-order chi connectivity index (χ1) is 11.7. The summed E-state index contributed by atoms with van der Waals surface area (Å²) in [5.41, 5.74) is 1.59. The molecule has 24 heavy (non-hydrogen) atoms. The number of amides is 1. The Kier molecular flexibility index (Phi) is 4.06. The summed E-state index contributed by atoms with van der Waals surface area (Å²) < 4.78 is 15.0. The first-order valence-corrected chi connectivity index (χ1v) is 8.54. The van der Waals surface area contributed by atoms with Crippen molar-refractivity contribution in [3.63, 3.8) is 0 Å². The molecule has 1 aromatic heterocycles. The van der Waals surface area contributed by atoms with E-state index in [4.69, 9.17) is 0 Å². The highest BCUT2D eigenvalue weighted by molar-refractivity contribution is 5.82. The van der Waals surface area contributed by atoms with Gasteiger partial charge in [-0.1, -0.05) is 6.07 Å². The molecule has 1 aliphatic carbocycles. The van der Waals surface area contributed by atoms with Crippen molar-refractivity contribution in [2.45, 2.75) is 44.3 Å². The standard InChI is InChI=1S/C18H21FN4O/c19-13-3-1-4-16(11-13)23-10-8-15(21-23)12-22-9-2-5-17(22)18(24)20-14-6-7-14/h1,3-4,8,10-11,14,17H,2,5-7,9,12H2,(H,20,24). The van der Waals surface area contributed by atoms with Crippen molar-refractivity contribution in [3.05, 3.63) is 48.0 Å². The molecule has 1 aromatic carbocycles. The summed E-state index contributed by atoms with van der Waals surface area (Å²) in [7, 11) is 0. The Morgan fingerprint density at radius 2 is 2.17 bits per heavy atom. The molecular weight excluding hydrogens is 307 g/mol. The number of hydrogen-bond acceptors (Lipinski definition) is 3. The van der Waals surface area contributed by atoms with Crippen molar-refractivity contribution in [1.29, 1.82) is 0 Å². The van der Waals surface area contributed by atoms with Crippen molar-refractivity contribution in [2.24, 2.45) is 0 Å². The van der Waals surface area contributed by atoms with E-state index in [1.807, 2.05) is 18.3 Å². The minimum atomic E-state index is -0.277. The quantitative estimate of drug-likeness (QED) is 0.916. The van der Waals surface area contributed by atoms with Crippen LogP contribution in [0.2, 0.25) is 0 Å². The molecule has 0 bridgehead atoms. The number of carbonyl (C=O) groups is 1. The van der Waals surface area contributed by atoms with Gasteiger partial charge in [0.2, 0.25) is 5.91 Å². The molecule has 1 saturated heterocycles. The number of halogens is 1. The molecule has 4 rings (SSSR count). The van der Waals surface area contributed by atoms with Gasteiger partial charge in [0.15, 0.2) is 0 Å². The van der Waals surface area contributed by atoms with Gasteiger partial charge in [-0.2, -0.15) is 5.10 Å². The van der Waals surface area contributed by atoms with Crippen LogP contribution in [0.3, 0.4) is 0 Å². The number of hydrogen-bond donors (Lipinski definition) is 1. The Morgan fingerprint density at radius 1 is 1.29 bits per heavy atom. The predicted octanol–water partition coefficient (Wildman–Crippen LogP) is 2.25. The molecule has 2 aliphatic rings. The summed E-state index contributed by atoms with van der Waals surface area (Å²) in [6.45, 7) is 1.56. The van der Waals surface area contributed by atoms with E-state index < -0.39 is 0 Å².